The first-order chi connectivity index (χ1) is 10.8. The molecule has 6 nitrogen and oxygen atoms in total. The highest BCUT2D eigenvalue weighted by Crippen LogP contribution is 2.18. The largest absolute Gasteiger partial charge is 0.394 e. The van der Waals surface area contributed by atoms with Crippen LogP contribution in [0.15, 0.2) is 0 Å². The Kier molecular flexibility index (Phi) is 0.733. The first-order valence-electron chi connectivity index (χ1n) is 8.22. The van der Waals surface area contributed by atoms with Crippen LogP contribution in [-0.4, -0.2) is 69.8 Å². The lowest BCUT2D eigenvalue weighted by molar-refractivity contribution is -0.286. The van der Waals surface area contributed by atoms with Crippen molar-refractivity contribution in [2.75, 3.05) is 6.56 Å². The second kappa shape index (κ2) is 3.65. The summed E-state index contributed by atoms with van der Waals surface area (Å²) in [5.74, 6) is 0. The first-order valence-corrected chi connectivity index (χ1v) is 2.68. The number of hydrogen-bond donors (Lipinski definition) is 5. The highest BCUT2D eigenvalue weighted by Gasteiger charge is 2.42. The van der Waals surface area contributed by atoms with Gasteiger partial charge in [-0.3, -0.25) is 0 Å². The lowest BCUT2D eigenvalue weighted by atomic mass is 10.00. The van der Waals surface area contributed by atoms with Crippen LogP contribution >= 0.6 is 0 Å². The topological polar surface area (TPSA) is 110 Å². The average molecular weight is 192 g/mol. The van der Waals surface area contributed by atoms with Gasteiger partial charge in [-0.2, -0.15) is 0 Å². The maximum Gasteiger partial charge on any atom is 0.213 e. The zero-order valence-corrected chi connectivity index (χ0v) is 5.45. The van der Waals surface area contributed by atoms with Gasteiger partial charge in [0.25, 0.3) is 0 Å². The van der Waals surface area contributed by atoms with Gasteiger partial charge in [0.05, 0.1) is 16.2 Å². The molecule has 1 saturated heterocycles. The molecule has 0 aromatic heterocycles. The van der Waals surface area contributed by atoms with E-state index in [1.807, 2.05) is 0 Å². The molecule has 0 aromatic carbocycles. The highest BCUT2D eigenvalue weighted by molar-refractivity contribution is 4.87. The van der Waals surface area contributed by atoms with Crippen LogP contribution in [-0.2, 0) is 4.74 Å². The predicted molar refractivity (Wildman–Crippen MR) is 36.0 cm³/mol. The molecule has 1 aliphatic rings. The maximum absolute atomic E-state index is 7.91. The number of hydrogen-bond acceptors (Lipinski definition) is 6. The zero-order chi connectivity index (χ0) is 19.2. The molecule has 0 aromatic rings. The molecule has 1 fully saturated rings. The third kappa shape index (κ3) is 1.58. The summed E-state index contributed by atoms with van der Waals surface area (Å²) in [5, 5.41) is 18.7. The molecule has 0 bridgehead atoms. The van der Waals surface area contributed by atoms with E-state index < -0.39 is 37.1 Å². The smallest absolute Gasteiger partial charge is 0.213 e. The van der Waals surface area contributed by atoms with Gasteiger partial charge >= 0.3 is 0 Å². The van der Waals surface area contributed by atoms with Gasteiger partial charge < -0.3 is 30.3 Å². The van der Waals surface area contributed by atoms with Gasteiger partial charge in [-0.15, -0.1) is 0 Å². The summed E-state index contributed by atoms with van der Waals surface area (Å²) in [5.41, 5.74) is 0. The molecule has 1 heterocycles. The zero-order valence-electron chi connectivity index (χ0n) is 17.4. The average Bonchev–Trinajstić information content (AvgIpc) is 2.57. The van der Waals surface area contributed by atoms with Crippen LogP contribution < -0.4 is 0 Å². The molecule has 0 amide bonds. The van der Waals surface area contributed by atoms with E-state index in [0.29, 0.717) is 0 Å². The summed E-state index contributed by atoms with van der Waals surface area (Å²) >= 11 is 0. The molecular formula is C6H12O6. The summed E-state index contributed by atoms with van der Waals surface area (Å²) < 4.78 is 92.6. The second-order valence-electron chi connectivity index (χ2n) is 1.81. The van der Waals surface area contributed by atoms with Crippen LogP contribution in [0, 0.1) is 0 Å². The monoisotopic (exact) mass is 192 g/mol. The van der Waals surface area contributed by atoms with Crippen molar-refractivity contribution >= 4 is 0 Å². The van der Waals surface area contributed by atoms with Crippen molar-refractivity contribution in [1.29, 1.82) is 7.16 Å². The molecule has 0 aliphatic carbocycles. The van der Waals surface area contributed by atoms with E-state index in [0.717, 1.165) is 0 Å². The van der Waals surface area contributed by atoms with Gasteiger partial charge in [-0.1, -0.05) is 0 Å². The van der Waals surface area contributed by atoms with Gasteiger partial charge in [-0.25, -0.2) is 0 Å². The minimum atomic E-state index is -3.86. The first kappa shape index (κ1) is 2.41. The molecule has 5 atom stereocenters. The van der Waals surface area contributed by atoms with E-state index >= 15 is 0 Å². The Morgan fingerprint density at radius 3 is 2.67 bits per heavy atom. The summed E-state index contributed by atoms with van der Waals surface area (Å²) in [4.78, 5) is 0. The molecule has 0 spiro atoms. The van der Waals surface area contributed by atoms with Gasteiger partial charge in [0.15, 0.2) is 6.27 Å². The minimum absolute atomic E-state index is 3.59. The molecule has 0 saturated carbocycles. The highest BCUT2D eigenvalue weighted by atomic mass is 16.6. The van der Waals surface area contributed by atoms with Gasteiger partial charge in [0, 0.05) is 0 Å². The molecule has 12 heavy (non-hydrogen) atoms. The molecule has 72 valence electrons. The van der Waals surface area contributed by atoms with Crippen molar-refractivity contribution in [3.63, 3.8) is 0 Å². The molecule has 0 unspecified atom stereocenters. The quantitative estimate of drug-likeness (QED) is 0.303. The molecule has 6 heteroatoms. The molecular weight excluding hydrogens is 168 g/mol. The Bertz CT molecular complexity index is 468. The van der Waals surface area contributed by atoms with Crippen LogP contribution in [0.5, 0.6) is 0 Å². The molecule has 5 N–H and O–H groups in total. The van der Waals surface area contributed by atoms with Crippen LogP contribution in [0.1, 0.15) is 9.60 Å². The molecule has 0 radical (unpaired) electrons. The number of rotatable bonds is 6. The van der Waals surface area contributed by atoms with Crippen LogP contribution in [0.3, 0.4) is 0 Å². The van der Waals surface area contributed by atoms with Crippen LogP contribution in [0.4, 0.5) is 0 Å². The van der Waals surface area contributed by atoms with Crippen molar-refractivity contribution < 1.29 is 39.9 Å². The van der Waals surface area contributed by atoms with Gasteiger partial charge in [0.2, 0.25) is 7.16 Å². The fraction of sp³-hybridized carbons (Fsp3) is 1.00. The summed E-state index contributed by atoms with van der Waals surface area (Å²) in [6.45, 7) is -3.73. The Morgan fingerprint density at radius 2 is 2.08 bits per heavy atom. The standard InChI is InChI=1S/C6H12O6/c7-1-2-3(8)4(9)5(10)6(11)12-2/h2-11H,1H2/t2-,3-,4+,5-,6+/m1/s1/i1D2,2D,3D,4D,5D,6D,7D,8D,9D,10D,11D. The third-order valence-corrected chi connectivity index (χ3v) is 1.09. The van der Waals surface area contributed by atoms with Gasteiger partial charge in [0.1, 0.15) is 24.3 Å². The predicted octanol–water partition coefficient (Wildman–Crippen LogP) is -3.22. The van der Waals surface area contributed by atoms with E-state index in [4.69, 9.17) is 16.8 Å². The number of aliphatic hydroxyl groups is 5. The Balaban J connectivity index is 3.88. The Hall–Kier alpha value is -0.240. The Morgan fingerprint density at radius 1 is 1.25 bits per heavy atom. The van der Waals surface area contributed by atoms with E-state index in [-0.39, 0.29) is 0 Å². The summed E-state index contributed by atoms with van der Waals surface area (Å²) in [7, 11) is 0. The normalized spacial score (nSPS) is 95.0. The lowest BCUT2D eigenvalue weighted by Crippen LogP contribution is -2.58. The van der Waals surface area contributed by atoms with Crippen LogP contribution in [0.25, 0.3) is 0 Å². The van der Waals surface area contributed by atoms with E-state index in [1.165, 1.54) is 0 Å². The summed E-state index contributed by atoms with van der Waals surface area (Å²) in [6, 6.07) is 0. The van der Waals surface area contributed by atoms with Crippen LogP contribution in [0.2, 0.25) is 0 Å². The minimum Gasteiger partial charge on any atom is -0.394 e. The lowest BCUT2D eigenvalue weighted by Gasteiger charge is -2.37. The third-order valence-electron chi connectivity index (χ3n) is 1.09. The van der Waals surface area contributed by atoms with Crippen molar-refractivity contribution in [2.45, 2.75) is 30.6 Å². The molecule has 1 aliphatic heterocycles. The fourth-order valence-electron chi connectivity index (χ4n) is 0.552. The van der Waals surface area contributed by atoms with E-state index in [9.17, 15) is 0 Å². The second-order valence-corrected chi connectivity index (χ2v) is 1.81. The maximum atomic E-state index is 7.91. The van der Waals surface area contributed by atoms with Crippen molar-refractivity contribution in [3.05, 3.63) is 0 Å². The molecule has 1 rings (SSSR count). The Labute approximate surface area is 85.9 Å². The van der Waals surface area contributed by atoms with E-state index in [2.05, 4.69) is 30.3 Å². The van der Waals surface area contributed by atoms with E-state index in [1.54, 1.807) is 0 Å². The van der Waals surface area contributed by atoms with Crippen molar-refractivity contribution in [1.82, 2.24) is 0 Å². The van der Waals surface area contributed by atoms with Gasteiger partial charge in [-0.05, 0) is 0 Å². The summed E-state index contributed by atoms with van der Waals surface area (Å²) in [6.07, 6.45) is -19.1. The van der Waals surface area contributed by atoms with Crippen molar-refractivity contribution in [3.8, 4) is 0 Å². The van der Waals surface area contributed by atoms with Crippen molar-refractivity contribution in [2.24, 2.45) is 0 Å². The fourth-order valence-corrected chi connectivity index (χ4v) is 0.552. The SMILES string of the molecule is [2H]OC([2H])([2H])[C@@]1([2H])O[C@]([2H])(O[2H])[C@]([2H])(O[2H])[C@@]([2H])(O[2H])[C@]1([2H])O[2H]. The number of ether oxygens (including phenoxy) is 1.